The second-order valence-electron chi connectivity index (χ2n) is 4.99. The van der Waals surface area contributed by atoms with Gasteiger partial charge in [0.1, 0.15) is 0 Å². The maximum absolute atomic E-state index is 12.0. The van der Waals surface area contributed by atoms with Crippen LogP contribution in [-0.4, -0.2) is 29.9 Å². The normalized spacial score (nSPS) is 14.7. The summed E-state index contributed by atoms with van der Waals surface area (Å²) in [5.41, 5.74) is 6.83. The molecule has 1 fully saturated rings. The Morgan fingerprint density at radius 2 is 2.26 bits per heavy atom. The summed E-state index contributed by atoms with van der Waals surface area (Å²) in [6, 6.07) is 5.69. The number of hydrogen-bond acceptors (Lipinski definition) is 3. The second kappa shape index (κ2) is 6.26. The van der Waals surface area contributed by atoms with Crippen molar-refractivity contribution in [2.75, 3.05) is 24.1 Å². The molecule has 4 nitrogen and oxygen atoms in total. The van der Waals surface area contributed by atoms with Gasteiger partial charge in [0.05, 0.1) is 17.3 Å². The number of anilines is 2. The Balaban J connectivity index is 1.92. The van der Waals surface area contributed by atoms with Crippen molar-refractivity contribution in [2.24, 2.45) is 0 Å². The van der Waals surface area contributed by atoms with Crippen molar-refractivity contribution in [1.82, 2.24) is 4.90 Å². The number of nitrogens with one attached hydrogen (secondary N) is 1. The molecule has 1 aliphatic carbocycles. The fraction of sp³-hybridized carbons (Fsp3) is 0.500. The molecular weight excluding hydrogens is 262 g/mol. The molecule has 5 heteroatoms. The van der Waals surface area contributed by atoms with Crippen LogP contribution < -0.4 is 11.1 Å². The van der Waals surface area contributed by atoms with E-state index in [1.807, 2.05) is 0 Å². The second-order valence-corrected chi connectivity index (χ2v) is 5.40. The Hall–Kier alpha value is -1.26. The van der Waals surface area contributed by atoms with Gasteiger partial charge in [-0.3, -0.25) is 9.69 Å². The lowest BCUT2D eigenvalue weighted by Crippen LogP contribution is -2.35. The number of rotatable bonds is 6. The average molecular weight is 282 g/mol. The number of benzene rings is 1. The molecule has 0 saturated heterocycles. The summed E-state index contributed by atoms with van der Waals surface area (Å²) in [6.45, 7) is 3.52. The fourth-order valence-corrected chi connectivity index (χ4v) is 2.36. The predicted molar refractivity (Wildman–Crippen MR) is 79.4 cm³/mol. The summed E-state index contributed by atoms with van der Waals surface area (Å²) in [7, 11) is 0. The molecule has 1 aliphatic rings. The first-order valence-corrected chi connectivity index (χ1v) is 7.07. The third kappa shape index (κ3) is 4.11. The van der Waals surface area contributed by atoms with Crippen LogP contribution in [0.25, 0.3) is 0 Å². The molecule has 2 rings (SSSR count). The van der Waals surface area contributed by atoms with Crippen molar-refractivity contribution >= 4 is 28.9 Å². The van der Waals surface area contributed by atoms with Crippen LogP contribution in [-0.2, 0) is 4.79 Å². The number of hydrogen-bond donors (Lipinski definition) is 2. The van der Waals surface area contributed by atoms with E-state index in [9.17, 15) is 4.79 Å². The molecule has 3 N–H and O–H groups in total. The van der Waals surface area contributed by atoms with Crippen molar-refractivity contribution < 1.29 is 4.79 Å². The van der Waals surface area contributed by atoms with E-state index in [2.05, 4.69) is 17.1 Å². The van der Waals surface area contributed by atoms with Gasteiger partial charge in [0, 0.05) is 11.7 Å². The molecule has 0 atom stereocenters. The molecule has 19 heavy (non-hydrogen) atoms. The summed E-state index contributed by atoms with van der Waals surface area (Å²) in [6.07, 6.45) is 3.47. The average Bonchev–Trinajstić information content (AvgIpc) is 3.16. The summed E-state index contributed by atoms with van der Waals surface area (Å²) >= 11 is 6.04. The van der Waals surface area contributed by atoms with Crippen LogP contribution in [0, 0.1) is 0 Å². The lowest BCUT2D eigenvalue weighted by Gasteiger charge is -2.20. The molecule has 0 radical (unpaired) electrons. The van der Waals surface area contributed by atoms with Crippen LogP contribution in [0.3, 0.4) is 0 Å². The third-order valence-electron chi connectivity index (χ3n) is 3.19. The van der Waals surface area contributed by atoms with E-state index in [1.165, 1.54) is 12.8 Å². The van der Waals surface area contributed by atoms with Crippen LogP contribution in [0.4, 0.5) is 11.4 Å². The van der Waals surface area contributed by atoms with Crippen molar-refractivity contribution in [2.45, 2.75) is 32.2 Å². The highest BCUT2D eigenvalue weighted by atomic mass is 35.5. The van der Waals surface area contributed by atoms with Crippen LogP contribution in [0.2, 0.25) is 5.02 Å². The van der Waals surface area contributed by atoms with Crippen LogP contribution in [0.15, 0.2) is 18.2 Å². The Labute approximate surface area is 118 Å². The van der Waals surface area contributed by atoms with Gasteiger partial charge in [-0.15, -0.1) is 0 Å². The largest absolute Gasteiger partial charge is 0.399 e. The maximum atomic E-state index is 12.0. The minimum Gasteiger partial charge on any atom is -0.399 e. The molecule has 1 aromatic rings. The number of nitrogens with two attached hydrogens (primary N) is 1. The highest BCUT2D eigenvalue weighted by Crippen LogP contribution is 2.27. The highest BCUT2D eigenvalue weighted by molar-refractivity contribution is 6.34. The molecule has 0 aromatic heterocycles. The minimum absolute atomic E-state index is 0.0213. The first-order valence-electron chi connectivity index (χ1n) is 6.69. The maximum Gasteiger partial charge on any atom is 0.238 e. The van der Waals surface area contributed by atoms with Crippen molar-refractivity contribution in [3.63, 3.8) is 0 Å². The van der Waals surface area contributed by atoms with E-state index in [4.69, 9.17) is 17.3 Å². The Kier molecular flexibility index (Phi) is 4.66. The number of carbonyl (C=O) groups excluding carboxylic acids is 1. The lowest BCUT2D eigenvalue weighted by molar-refractivity contribution is -0.117. The first kappa shape index (κ1) is 14.2. The van der Waals surface area contributed by atoms with Gasteiger partial charge in [-0.05, 0) is 44.0 Å². The first-order chi connectivity index (χ1) is 9.10. The third-order valence-corrected chi connectivity index (χ3v) is 3.50. The Bertz CT molecular complexity index is 460. The van der Waals surface area contributed by atoms with E-state index in [0.29, 0.717) is 29.0 Å². The van der Waals surface area contributed by atoms with E-state index in [1.54, 1.807) is 18.2 Å². The molecule has 104 valence electrons. The van der Waals surface area contributed by atoms with Crippen LogP contribution in [0.5, 0.6) is 0 Å². The summed E-state index contributed by atoms with van der Waals surface area (Å²) < 4.78 is 0. The lowest BCUT2D eigenvalue weighted by atomic mass is 10.3. The summed E-state index contributed by atoms with van der Waals surface area (Å²) in [5, 5.41) is 3.31. The molecular formula is C14H20ClN3O. The van der Waals surface area contributed by atoms with Crippen molar-refractivity contribution in [3.05, 3.63) is 23.2 Å². The molecule has 0 heterocycles. The number of halogens is 1. The van der Waals surface area contributed by atoms with Gasteiger partial charge in [0.2, 0.25) is 5.91 Å². The van der Waals surface area contributed by atoms with E-state index < -0.39 is 0 Å². The minimum atomic E-state index is -0.0213. The van der Waals surface area contributed by atoms with E-state index in [-0.39, 0.29) is 5.91 Å². The van der Waals surface area contributed by atoms with Crippen LogP contribution >= 0.6 is 11.6 Å². The highest BCUT2D eigenvalue weighted by Gasteiger charge is 2.29. The Morgan fingerprint density at radius 1 is 1.53 bits per heavy atom. The van der Waals surface area contributed by atoms with Gasteiger partial charge < -0.3 is 11.1 Å². The summed E-state index contributed by atoms with van der Waals surface area (Å²) in [5.74, 6) is -0.0213. The van der Waals surface area contributed by atoms with Gasteiger partial charge in [0.25, 0.3) is 0 Å². The molecule has 0 aliphatic heterocycles. The van der Waals surface area contributed by atoms with Crippen molar-refractivity contribution in [1.29, 1.82) is 0 Å². The van der Waals surface area contributed by atoms with Crippen LogP contribution in [0.1, 0.15) is 26.2 Å². The molecule has 0 spiro atoms. The quantitative estimate of drug-likeness (QED) is 0.788. The van der Waals surface area contributed by atoms with Gasteiger partial charge in [-0.1, -0.05) is 18.5 Å². The van der Waals surface area contributed by atoms with Gasteiger partial charge >= 0.3 is 0 Å². The number of amides is 1. The fourth-order valence-electron chi connectivity index (χ4n) is 2.12. The molecule has 1 amide bonds. The number of nitrogens with zero attached hydrogens (tertiary/aromatic N) is 1. The number of nitrogen functional groups attached to an aromatic ring is 1. The van der Waals surface area contributed by atoms with Gasteiger partial charge in [0.15, 0.2) is 0 Å². The molecule has 0 unspecified atom stereocenters. The monoisotopic (exact) mass is 281 g/mol. The zero-order valence-electron chi connectivity index (χ0n) is 11.2. The molecule has 0 bridgehead atoms. The van der Waals surface area contributed by atoms with E-state index in [0.717, 1.165) is 13.0 Å². The topological polar surface area (TPSA) is 58.4 Å². The molecule has 1 saturated carbocycles. The van der Waals surface area contributed by atoms with Gasteiger partial charge in [-0.2, -0.15) is 0 Å². The zero-order chi connectivity index (χ0) is 13.8. The smallest absolute Gasteiger partial charge is 0.238 e. The number of carbonyl (C=O) groups is 1. The Morgan fingerprint density at radius 3 is 2.84 bits per heavy atom. The summed E-state index contributed by atoms with van der Waals surface area (Å²) in [4.78, 5) is 14.3. The van der Waals surface area contributed by atoms with Crippen molar-refractivity contribution in [3.8, 4) is 0 Å². The molecule has 1 aromatic carbocycles. The zero-order valence-corrected chi connectivity index (χ0v) is 11.9. The SMILES string of the molecule is CCCN(CC(=O)Nc1ccc(N)cc1Cl)C1CC1. The van der Waals surface area contributed by atoms with E-state index >= 15 is 0 Å². The standard InChI is InChI=1S/C14H20ClN3O/c1-2-7-18(11-4-5-11)9-14(19)17-13-6-3-10(16)8-12(13)15/h3,6,8,11H,2,4-5,7,9,16H2,1H3,(H,17,19). The predicted octanol–water partition coefficient (Wildman–Crippen LogP) is 2.74. The van der Waals surface area contributed by atoms with Gasteiger partial charge in [-0.25, -0.2) is 0 Å².